The van der Waals surface area contributed by atoms with Gasteiger partial charge in [0.25, 0.3) is 0 Å². The standard InChI is InChI=1S/C17H17NO2Te/c1-13(14-9-5-3-6-10-14)16(19)21-17(20)18(2)15-11-7-4-8-12-15/h3-13H,1-2H3. The fourth-order valence-electron chi connectivity index (χ4n) is 1.88. The minimum atomic E-state index is -1.39. The van der Waals surface area contributed by atoms with E-state index in [1.807, 2.05) is 67.6 Å². The summed E-state index contributed by atoms with van der Waals surface area (Å²) in [7, 11) is 1.73. The molecule has 0 heterocycles. The Balaban J connectivity index is 2.01. The molecule has 0 spiro atoms. The SMILES string of the molecule is CC(C(=O)[Te]C(=O)N(C)c1ccccc1)c1ccccc1. The summed E-state index contributed by atoms with van der Waals surface area (Å²) in [6.45, 7) is 1.87. The zero-order chi connectivity index (χ0) is 15.2. The van der Waals surface area contributed by atoms with E-state index in [2.05, 4.69) is 0 Å². The van der Waals surface area contributed by atoms with Gasteiger partial charge in [0.15, 0.2) is 0 Å². The molecule has 1 unspecified atom stereocenters. The summed E-state index contributed by atoms with van der Waals surface area (Å²) in [5.74, 6) is -0.207. The van der Waals surface area contributed by atoms with Crippen LogP contribution in [0.1, 0.15) is 18.4 Å². The Morgan fingerprint density at radius 3 is 2.05 bits per heavy atom. The van der Waals surface area contributed by atoms with Crippen LogP contribution in [0.25, 0.3) is 0 Å². The molecule has 0 radical (unpaired) electrons. The van der Waals surface area contributed by atoms with Crippen molar-refractivity contribution in [3.05, 3.63) is 66.2 Å². The number of hydrogen-bond acceptors (Lipinski definition) is 2. The van der Waals surface area contributed by atoms with Gasteiger partial charge in [-0.3, -0.25) is 0 Å². The zero-order valence-electron chi connectivity index (χ0n) is 12.0. The third kappa shape index (κ3) is 4.17. The van der Waals surface area contributed by atoms with E-state index >= 15 is 0 Å². The van der Waals surface area contributed by atoms with E-state index < -0.39 is 20.9 Å². The summed E-state index contributed by atoms with van der Waals surface area (Å²) < 4.78 is 0.0127. The van der Waals surface area contributed by atoms with Crippen molar-refractivity contribution in [1.82, 2.24) is 0 Å². The Morgan fingerprint density at radius 2 is 1.48 bits per heavy atom. The predicted molar refractivity (Wildman–Crippen MR) is 85.9 cm³/mol. The summed E-state index contributed by atoms with van der Waals surface area (Å²) in [5.41, 5.74) is 1.80. The Bertz CT molecular complexity index is 558. The molecule has 1 amide bonds. The van der Waals surface area contributed by atoms with Crippen molar-refractivity contribution < 1.29 is 9.59 Å². The molecule has 3 nitrogen and oxygen atoms in total. The number of nitrogens with zero attached hydrogens (tertiary/aromatic N) is 1. The fraction of sp³-hybridized carbons (Fsp3) is 0.176. The van der Waals surface area contributed by atoms with E-state index in [-0.39, 0.29) is 13.7 Å². The van der Waals surface area contributed by atoms with Crippen LogP contribution in [0.3, 0.4) is 0 Å². The van der Waals surface area contributed by atoms with Crippen LogP contribution in [-0.2, 0) is 4.79 Å². The van der Waals surface area contributed by atoms with Crippen molar-refractivity contribution in [2.75, 3.05) is 11.9 Å². The summed E-state index contributed by atoms with van der Waals surface area (Å²) >= 11 is -1.39. The molecule has 0 fully saturated rings. The van der Waals surface area contributed by atoms with E-state index in [0.717, 1.165) is 11.3 Å². The molecule has 2 aromatic rings. The van der Waals surface area contributed by atoms with Gasteiger partial charge in [0.1, 0.15) is 0 Å². The molecule has 0 saturated carbocycles. The second-order valence-corrected chi connectivity index (χ2v) is 7.44. The molecule has 21 heavy (non-hydrogen) atoms. The fourth-order valence-corrected chi connectivity index (χ4v) is 3.95. The van der Waals surface area contributed by atoms with E-state index in [9.17, 15) is 9.59 Å². The van der Waals surface area contributed by atoms with Gasteiger partial charge >= 0.3 is 135 Å². The second kappa shape index (κ2) is 7.40. The molecule has 2 aromatic carbocycles. The van der Waals surface area contributed by atoms with Gasteiger partial charge in [-0.1, -0.05) is 0 Å². The van der Waals surface area contributed by atoms with Gasteiger partial charge in [-0.15, -0.1) is 0 Å². The van der Waals surface area contributed by atoms with Crippen LogP contribution in [0.4, 0.5) is 10.5 Å². The molecule has 0 aliphatic heterocycles. The molecule has 0 aromatic heterocycles. The number of amides is 1. The Hall–Kier alpha value is -1.63. The average molecular weight is 395 g/mol. The van der Waals surface area contributed by atoms with Crippen LogP contribution in [-0.4, -0.2) is 35.8 Å². The summed E-state index contributed by atoms with van der Waals surface area (Å²) in [6, 6.07) is 19.0. The molecular formula is C17H17NO2Te. The number of carbonyl (C=O) groups excluding carboxylic acids is 2. The minimum absolute atomic E-state index is 0.0561. The Labute approximate surface area is 135 Å². The number of hydrogen-bond donors (Lipinski definition) is 0. The summed E-state index contributed by atoms with van der Waals surface area (Å²) in [5, 5.41) is 0. The van der Waals surface area contributed by atoms with Crippen molar-refractivity contribution >= 4 is 34.4 Å². The van der Waals surface area contributed by atoms with Gasteiger partial charge in [0, 0.05) is 0 Å². The molecular weight excluding hydrogens is 378 g/mol. The van der Waals surface area contributed by atoms with Crippen LogP contribution in [0.15, 0.2) is 60.7 Å². The third-order valence-corrected chi connectivity index (χ3v) is 6.12. The number of anilines is 1. The maximum absolute atomic E-state index is 12.3. The molecule has 0 aliphatic carbocycles. The van der Waals surface area contributed by atoms with Crippen molar-refractivity contribution in [1.29, 1.82) is 0 Å². The molecule has 0 bridgehead atoms. The zero-order valence-corrected chi connectivity index (χ0v) is 14.4. The Kier molecular flexibility index (Phi) is 5.55. The first-order valence-electron chi connectivity index (χ1n) is 6.69. The van der Waals surface area contributed by atoms with Crippen LogP contribution < -0.4 is 4.90 Å². The summed E-state index contributed by atoms with van der Waals surface area (Å²) in [4.78, 5) is 26.1. The van der Waals surface area contributed by atoms with Crippen molar-refractivity contribution in [2.45, 2.75) is 12.8 Å². The normalized spacial score (nSPS) is 11.7. The van der Waals surface area contributed by atoms with Gasteiger partial charge in [0.2, 0.25) is 0 Å². The average Bonchev–Trinajstić information content (AvgIpc) is 2.55. The molecule has 0 saturated heterocycles. The number of para-hydroxylation sites is 1. The van der Waals surface area contributed by atoms with Crippen molar-refractivity contribution in [2.24, 2.45) is 0 Å². The number of rotatable bonds is 5. The van der Waals surface area contributed by atoms with Crippen LogP contribution in [0.2, 0.25) is 0 Å². The van der Waals surface area contributed by atoms with Crippen LogP contribution >= 0.6 is 0 Å². The second-order valence-electron chi connectivity index (χ2n) is 4.71. The van der Waals surface area contributed by atoms with Gasteiger partial charge in [-0.2, -0.15) is 0 Å². The van der Waals surface area contributed by atoms with E-state index in [1.54, 1.807) is 11.9 Å². The van der Waals surface area contributed by atoms with Crippen molar-refractivity contribution in [3.63, 3.8) is 0 Å². The van der Waals surface area contributed by atoms with Crippen molar-refractivity contribution in [3.8, 4) is 0 Å². The van der Waals surface area contributed by atoms with Gasteiger partial charge in [0.05, 0.1) is 0 Å². The van der Waals surface area contributed by atoms with E-state index in [4.69, 9.17) is 0 Å². The van der Waals surface area contributed by atoms with Gasteiger partial charge in [-0.25, -0.2) is 0 Å². The first kappa shape index (κ1) is 15.8. The molecule has 4 heteroatoms. The van der Waals surface area contributed by atoms with Crippen LogP contribution in [0, 0.1) is 0 Å². The summed E-state index contributed by atoms with van der Waals surface area (Å²) in [6.07, 6.45) is 0. The van der Waals surface area contributed by atoms with Gasteiger partial charge < -0.3 is 0 Å². The van der Waals surface area contributed by atoms with Gasteiger partial charge in [-0.05, 0) is 0 Å². The quantitative estimate of drug-likeness (QED) is 0.730. The van der Waals surface area contributed by atoms with E-state index in [1.165, 1.54) is 0 Å². The monoisotopic (exact) mass is 397 g/mol. The topological polar surface area (TPSA) is 37.4 Å². The van der Waals surface area contributed by atoms with Crippen LogP contribution in [0.5, 0.6) is 0 Å². The molecule has 2 rings (SSSR count). The number of benzene rings is 2. The third-order valence-electron chi connectivity index (χ3n) is 3.26. The first-order chi connectivity index (χ1) is 10.1. The van der Waals surface area contributed by atoms with E-state index in [0.29, 0.717) is 0 Å². The molecule has 0 aliphatic rings. The first-order valence-corrected chi connectivity index (χ1v) is 9.02. The maximum atomic E-state index is 12.3. The predicted octanol–water partition coefficient (Wildman–Crippen LogP) is 3.28. The molecule has 0 N–H and O–H groups in total. The Morgan fingerprint density at radius 1 is 0.952 bits per heavy atom. The molecule has 1 atom stereocenters. The molecule has 108 valence electrons. The number of carbonyl (C=O) groups is 2.